The van der Waals surface area contributed by atoms with E-state index in [9.17, 15) is 8.42 Å². The van der Waals surface area contributed by atoms with Crippen LogP contribution in [0.4, 0.5) is 5.69 Å². The number of sulfonamides is 1. The van der Waals surface area contributed by atoms with Crippen molar-refractivity contribution >= 4 is 15.7 Å². The molecule has 114 valence electrons. The molecule has 0 heterocycles. The van der Waals surface area contributed by atoms with Crippen LogP contribution in [0.25, 0.3) is 0 Å². The minimum atomic E-state index is -3.39. The van der Waals surface area contributed by atoms with Crippen molar-refractivity contribution in [1.29, 1.82) is 0 Å². The zero-order valence-corrected chi connectivity index (χ0v) is 12.7. The molecule has 0 spiro atoms. The third kappa shape index (κ3) is 4.96. The van der Waals surface area contributed by atoms with Gasteiger partial charge in [0.05, 0.1) is 12.3 Å². The van der Waals surface area contributed by atoms with E-state index >= 15 is 0 Å². The smallest absolute Gasteiger partial charge is 0.218 e. The van der Waals surface area contributed by atoms with Crippen LogP contribution in [0, 0.1) is 18.3 Å². The molecule has 6 heteroatoms. The van der Waals surface area contributed by atoms with Crippen LogP contribution in [-0.2, 0) is 10.0 Å². The number of nitrogen functional groups attached to an aromatic ring is 1. The summed E-state index contributed by atoms with van der Waals surface area (Å²) in [7, 11) is -3.39. The lowest BCUT2D eigenvalue weighted by molar-refractivity contribution is 0.335. The molecule has 0 unspecified atom stereocenters. The van der Waals surface area contributed by atoms with E-state index < -0.39 is 10.0 Å². The van der Waals surface area contributed by atoms with E-state index in [4.69, 9.17) is 16.9 Å². The Morgan fingerprint density at radius 3 is 2.81 bits per heavy atom. The summed E-state index contributed by atoms with van der Waals surface area (Å²) < 4.78 is 31.3. The van der Waals surface area contributed by atoms with Gasteiger partial charge >= 0.3 is 0 Å². The average Bonchev–Trinajstić information content (AvgIpc) is 3.22. The number of hydrogen-bond donors (Lipinski definition) is 1. The van der Waals surface area contributed by atoms with Crippen molar-refractivity contribution in [1.82, 2.24) is 4.31 Å². The monoisotopic (exact) mass is 308 g/mol. The molecule has 0 radical (unpaired) electrons. The highest BCUT2D eigenvalue weighted by atomic mass is 32.2. The fraction of sp³-hybridized carbons (Fsp3) is 0.467. The highest BCUT2D eigenvalue weighted by molar-refractivity contribution is 7.89. The van der Waals surface area contributed by atoms with Gasteiger partial charge in [0.1, 0.15) is 12.4 Å². The molecule has 0 atom stereocenters. The van der Waals surface area contributed by atoms with Gasteiger partial charge in [-0.2, -0.15) is 4.31 Å². The maximum atomic E-state index is 12.3. The highest BCUT2D eigenvalue weighted by Crippen LogP contribution is 2.30. The Morgan fingerprint density at radius 2 is 2.19 bits per heavy atom. The Balaban J connectivity index is 1.88. The van der Waals surface area contributed by atoms with Crippen LogP contribution in [-0.4, -0.2) is 38.2 Å². The van der Waals surface area contributed by atoms with Gasteiger partial charge in [-0.1, -0.05) is 12.0 Å². The van der Waals surface area contributed by atoms with Crippen molar-refractivity contribution in [2.24, 2.45) is 5.92 Å². The number of ether oxygens (including phenoxy) is 1. The molecule has 0 bridgehead atoms. The fourth-order valence-corrected chi connectivity index (χ4v) is 3.23. The third-order valence-corrected chi connectivity index (χ3v) is 5.04. The van der Waals surface area contributed by atoms with E-state index in [2.05, 4.69) is 5.92 Å². The standard InChI is InChI=1S/C15H20N2O3S/c1-2-8-17(12-13-6-7-13)21(18,19)10-9-20-15-5-3-4-14(16)11-15/h1,3-5,11,13H,6-10,12,16H2. The maximum Gasteiger partial charge on any atom is 0.218 e. The third-order valence-electron chi connectivity index (χ3n) is 3.29. The summed E-state index contributed by atoms with van der Waals surface area (Å²) in [4.78, 5) is 0. The second-order valence-corrected chi connectivity index (χ2v) is 7.27. The van der Waals surface area contributed by atoms with Gasteiger partial charge in [-0.05, 0) is 30.9 Å². The van der Waals surface area contributed by atoms with E-state index in [-0.39, 0.29) is 18.9 Å². The number of nitrogens with zero attached hydrogens (tertiary/aromatic N) is 1. The predicted octanol–water partition coefficient (Wildman–Crippen LogP) is 1.32. The summed E-state index contributed by atoms with van der Waals surface area (Å²) in [5, 5.41) is 0. The fourth-order valence-electron chi connectivity index (χ4n) is 1.96. The first-order valence-electron chi connectivity index (χ1n) is 6.91. The molecule has 1 aliphatic rings. The molecule has 5 nitrogen and oxygen atoms in total. The van der Waals surface area contributed by atoms with Gasteiger partial charge in [0.25, 0.3) is 0 Å². The Kier molecular flexibility index (Phi) is 5.10. The number of nitrogens with two attached hydrogens (primary N) is 1. The summed E-state index contributed by atoms with van der Waals surface area (Å²) in [6.45, 7) is 0.722. The first kappa shape index (κ1) is 15.7. The van der Waals surface area contributed by atoms with Crippen molar-refractivity contribution in [3.63, 3.8) is 0 Å². The van der Waals surface area contributed by atoms with E-state index in [0.717, 1.165) is 12.8 Å². The summed E-state index contributed by atoms with van der Waals surface area (Å²) in [6, 6.07) is 6.91. The zero-order valence-electron chi connectivity index (χ0n) is 11.9. The summed E-state index contributed by atoms with van der Waals surface area (Å²) in [5.74, 6) is 3.35. The minimum absolute atomic E-state index is 0.0809. The molecule has 0 aromatic heterocycles. The molecule has 21 heavy (non-hydrogen) atoms. The SMILES string of the molecule is C#CCN(CC1CC1)S(=O)(=O)CCOc1cccc(N)c1. The van der Waals surface area contributed by atoms with E-state index in [1.165, 1.54) is 4.31 Å². The van der Waals surface area contributed by atoms with Crippen molar-refractivity contribution in [2.75, 3.05) is 31.2 Å². The van der Waals surface area contributed by atoms with Crippen LogP contribution in [0.2, 0.25) is 0 Å². The van der Waals surface area contributed by atoms with E-state index in [0.29, 0.717) is 23.9 Å². The molecular formula is C15H20N2O3S. The van der Waals surface area contributed by atoms with Crippen LogP contribution in [0.3, 0.4) is 0 Å². The summed E-state index contributed by atoms with van der Waals surface area (Å²) >= 11 is 0. The molecule has 0 amide bonds. The van der Waals surface area contributed by atoms with Crippen molar-refractivity contribution in [3.05, 3.63) is 24.3 Å². The van der Waals surface area contributed by atoms with Gasteiger partial charge in [0.2, 0.25) is 10.0 Å². The molecule has 1 fully saturated rings. The molecule has 0 saturated heterocycles. The van der Waals surface area contributed by atoms with Crippen LogP contribution in [0.15, 0.2) is 24.3 Å². The van der Waals surface area contributed by atoms with Crippen LogP contribution >= 0.6 is 0 Å². The van der Waals surface area contributed by atoms with Gasteiger partial charge in [0.15, 0.2) is 0 Å². The number of benzene rings is 1. The van der Waals surface area contributed by atoms with Crippen molar-refractivity contribution in [3.8, 4) is 18.1 Å². The molecule has 2 N–H and O–H groups in total. The Bertz CT molecular complexity index is 618. The van der Waals surface area contributed by atoms with Gasteiger partial charge in [-0.15, -0.1) is 6.42 Å². The largest absolute Gasteiger partial charge is 0.492 e. The van der Waals surface area contributed by atoms with Gasteiger partial charge in [-0.3, -0.25) is 0 Å². The van der Waals surface area contributed by atoms with E-state index in [1.807, 2.05) is 0 Å². The van der Waals surface area contributed by atoms with Crippen LogP contribution < -0.4 is 10.5 Å². The predicted molar refractivity (Wildman–Crippen MR) is 83.3 cm³/mol. The van der Waals surface area contributed by atoms with Crippen molar-refractivity contribution < 1.29 is 13.2 Å². The molecule has 2 rings (SSSR count). The van der Waals surface area contributed by atoms with Crippen LogP contribution in [0.1, 0.15) is 12.8 Å². The van der Waals surface area contributed by atoms with Gasteiger partial charge in [0, 0.05) is 18.3 Å². The minimum Gasteiger partial charge on any atom is -0.492 e. The van der Waals surface area contributed by atoms with E-state index in [1.54, 1.807) is 24.3 Å². The lowest BCUT2D eigenvalue weighted by Gasteiger charge is -2.19. The molecular weight excluding hydrogens is 288 g/mol. The van der Waals surface area contributed by atoms with Gasteiger partial charge in [-0.25, -0.2) is 8.42 Å². The highest BCUT2D eigenvalue weighted by Gasteiger charge is 2.30. The number of rotatable bonds is 8. The normalized spacial score (nSPS) is 14.9. The zero-order chi connectivity index (χ0) is 15.3. The second-order valence-electron chi connectivity index (χ2n) is 5.18. The topological polar surface area (TPSA) is 72.6 Å². The number of terminal acetylenes is 1. The Morgan fingerprint density at radius 1 is 1.43 bits per heavy atom. The maximum absolute atomic E-state index is 12.3. The first-order valence-corrected chi connectivity index (χ1v) is 8.52. The van der Waals surface area contributed by atoms with Crippen LogP contribution in [0.5, 0.6) is 5.75 Å². The molecule has 1 aromatic rings. The lowest BCUT2D eigenvalue weighted by atomic mass is 10.3. The molecule has 1 saturated carbocycles. The number of anilines is 1. The quantitative estimate of drug-likeness (QED) is 0.581. The second kappa shape index (κ2) is 6.83. The molecule has 1 aliphatic carbocycles. The molecule has 1 aromatic carbocycles. The Labute approximate surface area is 126 Å². The first-order chi connectivity index (χ1) is 10.0. The summed E-state index contributed by atoms with van der Waals surface area (Å²) in [6.07, 6.45) is 7.42. The van der Waals surface area contributed by atoms with Gasteiger partial charge < -0.3 is 10.5 Å². The Hall–Kier alpha value is -1.71. The lowest BCUT2D eigenvalue weighted by Crippen LogP contribution is -2.36. The van der Waals surface area contributed by atoms with Crippen molar-refractivity contribution in [2.45, 2.75) is 12.8 Å². The number of hydrogen-bond acceptors (Lipinski definition) is 4. The summed E-state index contributed by atoms with van der Waals surface area (Å²) in [5.41, 5.74) is 6.22. The molecule has 0 aliphatic heterocycles. The average molecular weight is 308 g/mol.